The van der Waals surface area contributed by atoms with Crippen LogP contribution in [-0.4, -0.2) is 23.5 Å². The van der Waals surface area contributed by atoms with E-state index in [1.54, 1.807) is 13.0 Å². The van der Waals surface area contributed by atoms with Crippen molar-refractivity contribution in [2.75, 3.05) is 12.3 Å². The molecule has 0 spiro atoms. The number of benzene rings is 1. The van der Waals surface area contributed by atoms with E-state index in [-0.39, 0.29) is 16.8 Å². The van der Waals surface area contributed by atoms with Crippen LogP contribution >= 0.6 is 0 Å². The number of hydrogen-bond donors (Lipinski definition) is 3. The number of rotatable bonds is 3. The van der Waals surface area contributed by atoms with Gasteiger partial charge in [0.25, 0.3) is 5.91 Å². The predicted molar refractivity (Wildman–Crippen MR) is 55.8 cm³/mol. The van der Waals surface area contributed by atoms with Crippen molar-refractivity contribution in [3.63, 3.8) is 0 Å². The normalized spacial score (nSPS) is 9.67. The maximum atomic E-state index is 11.5. The zero-order valence-corrected chi connectivity index (χ0v) is 8.28. The summed E-state index contributed by atoms with van der Waals surface area (Å²) in [6.07, 6.45) is 0. The molecule has 0 atom stereocenters. The molecular formula is C10H12N2O3. The highest BCUT2D eigenvalue weighted by Crippen LogP contribution is 2.16. The van der Waals surface area contributed by atoms with Crippen molar-refractivity contribution in [1.82, 2.24) is 5.32 Å². The van der Waals surface area contributed by atoms with Gasteiger partial charge >= 0.3 is 5.97 Å². The van der Waals surface area contributed by atoms with Crippen LogP contribution in [0.5, 0.6) is 0 Å². The topological polar surface area (TPSA) is 92.4 Å². The third-order valence-corrected chi connectivity index (χ3v) is 1.89. The average molecular weight is 208 g/mol. The molecule has 1 aromatic carbocycles. The summed E-state index contributed by atoms with van der Waals surface area (Å²) in [5.74, 6) is -1.63. The van der Waals surface area contributed by atoms with E-state index in [0.717, 1.165) is 0 Å². The Balaban J connectivity index is 3.23. The van der Waals surface area contributed by atoms with Gasteiger partial charge in [-0.05, 0) is 19.1 Å². The first-order chi connectivity index (χ1) is 7.07. The number of nitrogens with one attached hydrogen (secondary N) is 1. The molecule has 0 bridgehead atoms. The molecular weight excluding hydrogens is 196 g/mol. The van der Waals surface area contributed by atoms with Gasteiger partial charge in [-0.25, -0.2) is 4.79 Å². The van der Waals surface area contributed by atoms with Crippen LogP contribution in [0.3, 0.4) is 0 Å². The molecule has 1 amide bonds. The minimum atomic E-state index is -1.20. The fourth-order valence-electron chi connectivity index (χ4n) is 1.25. The molecule has 1 aromatic rings. The molecule has 0 saturated heterocycles. The van der Waals surface area contributed by atoms with E-state index in [9.17, 15) is 9.59 Å². The fourth-order valence-corrected chi connectivity index (χ4v) is 1.25. The lowest BCUT2D eigenvalue weighted by Gasteiger charge is -2.07. The summed E-state index contributed by atoms with van der Waals surface area (Å²) in [7, 11) is 0. The summed E-state index contributed by atoms with van der Waals surface area (Å²) in [5.41, 5.74) is 5.52. The zero-order valence-electron chi connectivity index (χ0n) is 8.28. The Morgan fingerprint density at radius 3 is 2.67 bits per heavy atom. The highest BCUT2D eigenvalue weighted by molar-refractivity contribution is 6.07. The number of amides is 1. The van der Waals surface area contributed by atoms with Gasteiger partial charge in [0.2, 0.25) is 0 Å². The van der Waals surface area contributed by atoms with E-state index in [1.165, 1.54) is 12.1 Å². The Hall–Kier alpha value is -2.04. The number of anilines is 1. The van der Waals surface area contributed by atoms with Gasteiger partial charge in [0.1, 0.15) is 0 Å². The number of hydrogen-bond acceptors (Lipinski definition) is 3. The van der Waals surface area contributed by atoms with Crippen molar-refractivity contribution in [3.8, 4) is 0 Å². The first-order valence-corrected chi connectivity index (χ1v) is 4.48. The number of carboxylic acid groups (broad SMARTS) is 1. The minimum absolute atomic E-state index is 0.0874. The Kier molecular flexibility index (Phi) is 3.28. The van der Waals surface area contributed by atoms with Crippen LogP contribution in [0.1, 0.15) is 27.6 Å². The van der Waals surface area contributed by atoms with Gasteiger partial charge < -0.3 is 16.2 Å². The number of carbonyl (C=O) groups excluding carboxylic acids is 1. The first kappa shape index (κ1) is 11.0. The van der Waals surface area contributed by atoms with Gasteiger partial charge in [-0.3, -0.25) is 4.79 Å². The summed E-state index contributed by atoms with van der Waals surface area (Å²) in [6, 6.07) is 4.43. The van der Waals surface area contributed by atoms with Crippen LogP contribution < -0.4 is 11.1 Å². The lowest BCUT2D eigenvalue weighted by Crippen LogP contribution is -2.25. The van der Waals surface area contributed by atoms with Crippen molar-refractivity contribution in [1.29, 1.82) is 0 Å². The van der Waals surface area contributed by atoms with Gasteiger partial charge in [-0.1, -0.05) is 6.07 Å². The average Bonchev–Trinajstić information content (AvgIpc) is 2.17. The van der Waals surface area contributed by atoms with Gasteiger partial charge in [-0.15, -0.1) is 0 Å². The second-order valence-corrected chi connectivity index (χ2v) is 2.93. The molecule has 0 unspecified atom stereocenters. The van der Waals surface area contributed by atoms with Crippen LogP contribution in [0.25, 0.3) is 0 Å². The second-order valence-electron chi connectivity index (χ2n) is 2.93. The van der Waals surface area contributed by atoms with Crippen molar-refractivity contribution in [2.24, 2.45) is 0 Å². The third-order valence-electron chi connectivity index (χ3n) is 1.89. The van der Waals surface area contributed by atoms with E-state index in [2.05, 4.69) is 5.32 Å². The Morgan fingerprint density at radius 1 is 1.47 bits per heavy atom. The maximum Gasteiger partial charge on any atom is 0.338 e. The molecule has 1 rings (SSSR count). The summed E-state index contributed by atoms with van der Waals surface area (Å²) in [6.45, 7) is 2.19. The highest BCUT2D eigenvalue weighted by Gasteiger charge is 2.18. The van der Waals surface area contributed by atoms with Crippen LogP contribution in [0.15, 0.2) is 18.2 Å². The maximum absolute atomic E-state index is 11.5. The Labute approximate surface area is 86.9 Å². The number of carboxylic acids is 1. The number of aromatic carboxylic acids is 1. The van der Waals surface area contributed by atoms with Crippen molar-refractivity contribution in [2.45, 2.75) is 6.92 Å². The van der Waals surface area contributed by atoms with E-state index in [1.807, 2.05) is 0 Å². The Morgan fingerprint density at radius 2 is 2.13 bits per heavy atom. The Bertz CT molecular complexity index is 402. The molecule has 0 aliphatic rings. The molecule has 4 N–H and O–H groups in total. The van der Waals surface area contributed by atoms with Crippen LogP contribution in [0.2, 0.25) is 0 Å². The van der Waals surface area contributed by atoms with Crippen LogP contribution in [0.4, 0.5) is 5.69 Å². The summed E-state index contributed by atoms with van der Waals surface area (Å²) < 4.78 is 0. The molecule has 0 heterocycles. The molecule has 80 valence electrons. The molecule has 5 heteroatoms. The third kappa shape index (κ3) is 2.25. The highest BCUT2D eigenvalue weighted by atomic mass is 16.4. The zero-order chi connectivity index (χ0) is 11.4. The fraction of sp³-hybridized carbons (Fsp3) is 0.200. The second kappa shape index (κ2) is 4.45. The van der Waals surface area contributed by atoms with E-state index in [0.29, 0.717) is 6.54 Å². The van der Waals surface area contributed by atoms with E-state index in [4.69, 9.17) is 10.8 Å². The lowest BCUT2D eigenvalue weighted by molar-refractivity contribution is 0.0692. The standard InChI is InChI=1S/C10H12N2O3/c1-2-12-9(13)6-4-3-5-7(11)8(6)10(14)15/h3-5H,2,11H2,1H3,(H,12,13)(H,14,15). The number of nitrogens with two attached hydrogens (primary N) is 1. The van der Waals surface area contributed by atoms with Gasteiger partial charge in [0, 0.05) is 12.2 Å². The van der Waals surface area contributed by atoms with Gasteiger partial charge in [0.05, 0.1) is 11.1 Å². The predicted octanol–water partition coefficient (Wildman–Crippen LogP) is 0.717. The monoisotopic (exact) mass is 208 g/mol. The van der Waals surface area contributed by atoms with Crippen molar-refractivity contribution in [3.05, 3.63) is 29.3 Å². The van der Waals surface area contributed by atoms with E-state index >= 15 is 0 Å². The van der Waals surface area contributed by atoms with Crippen molar-refractivity contribution < 1.29 is 14.7 Å². The molecule has 5 nitrogen and oxygen atoms in total. The number of carbonyl (C=O) groups is 2. The van der Waals surface area contributed by atoms with Crippen LogP contribution in [0, 0.1) is 0 Å². The molecule has 0 fully saturated rings. The molecule has 0 radical (unpaired) electrons. The summed E-state index contributed by atoms with van der Waals surface area (Å²) >= 11 is 0. The van der Waals surface area contributed by atoms with E-state index < -0.39 is 11.9 Å². The smallest absolute Gasteiger partial charge is 0.338 e. The minimum Gasteiger partial charge on any atom is -0.478 e. The summed E-state index contributed by atoms with van der Waals surface area (Å²) in [4.78, 5) is 22.4. The first-order valence-electron chi connectivity index (χ1n) is 4.48. The molecule has 0 saturated carbocycles. The molecule has 0 aliphatic heterocycles. The van der Waals surface area contributed by atoms with Gasteiger partial charge in [0.15, 0.2) is 0 Å². The van der Waals surface area contributed by atoms with Crippen molar-refractivity contribution >= 4 is 17.6 Å². The molecule has 15 heavy (non-hydrogen) atoms. The SMILES string of the molecule is CCNC(=O)c1cccc(N)c1C(=O)O. The largest absolute Gasteiger partial charge is 0.478 e. The lowest BCUT2D eigenvalue weighted by atomic mass is 10.0. The van der Waals surface area contributed by atoms with Gasteiger partial charge in [-0.2, -0.15) is 0 Å². The molecule has 0 aliphatic carbocycles. The van der Waals surface area contributed by atoms with Crippen LogP contribution in [-0.2, 0) is 0 Å². The quantitative estimate of drug-likeness (QED) is 0.638. The number of nitrogen functional groups attached to an aromatic ring is 1. The molecule has 0 aromatic heterocycles. The summed E-state index contributed by atoms with van der Waals surface area (Å²) in [5, 5.41) is 11.4.